The van der Waals surface area contributed by atoms with Crippen molar-refractivity contribution in [1.82, 2.24) is 9.97 Å². The molecule has 1 aromatic heterocycles. The van der Waals surface area contributed by atoms with Crippen LogP contribution in [0.1, 0.15) is 30.8 Å². The first-order chi connectivity index (χ1) is 7.04. The number of nitrogens with one attached hydrogen (secondary N) is 1. The monoisotopic (exact) mass is 221 g/mol. The third-order valence-corrected chi connectivity index (χ3v) is 2.05. The van der Waals surface area contributed by atoms with Crippen LogP contribution in [-0.2, 0) is 12.6 Å². The molecule has 0 bridgehead atoms. The molecule has 0 atom stereocenters. The minimum Gasteiger partial charge on any atom is -0.338 e. The molecule has 0 unspecified atom stereocenters. The SMILES string of the molecule is NCCCCCc1ncc(C(F)(F)F)[nH]1. The molecule has 3 N–H and O–H groups in total. The highest BCUT2D eigenvalue weighted by Gasteiger charge is 2.32. The molecule has 0 aliphatic heterocycles. The molecule has 0 radical (unpaired) electrons. The first-order valence-corrected chi connectivity index (χ1v) is 4.85. The van der Waals surface area contributed by atoms with Gasteiger partial charge in [0.2, 0.25) is 0 Å². The highest BCUT2D eigenvalue weighted by molar-refractivity contribution is 5.05. The van der Waals surface area contributed by atoms with Crippen LogP contribution in [-0.4, -0.2) is 16.5 Å². The van der Waals surface area contributed by atoms with Gasteiger partial charge in [-0.2, -0.15) is 13.2 Å². The molecule has 1 aromatic rings. The molecule has 86 valence electrons. The number of rotatable bonds is 5. The lowest BCUT2D eigenvalue weighted by Crippen LogP contribution is -2.05. The third kappa shape index (κ3) is 3.91. The second-order valence-corrected chi connectivity index (χ2v) is 3.34. The van der Waals surface area contributed by atoms with Gasteiger partial charge < -0.3 is 10.7 Å². The molecule has 0 spiro atoms. The summed E-state index contributed by atoms with van der Waals surface area (Å²) in [4.78, 5) is 5.94. The van der Waals surface area contributed by atoms with Gasteiger partial charge in [0.1, 0.15) is 11.5 Å². The number of hydrogen-bond donors (Lipinski definition) is 2. The Hall–Kier alpha value is -1.04. The molecule has 1 rings (SSSR count). The molecule has 0 aliphatic carbocycles. The summed E-state index contributed by atoms with van der Waals surface area (Å²) in [6, 6.07) is 0. The van der Waals surface area contributed by atoms with Crippen LogP contribution >= 0.6 is 0 Å². The summed E-state index contributed by atoms with van der Waals surface area (Å²) in [7, 11) is 0. The van der Waals surface area contributed by atoms with E-state index in [9.17, 15) is 13.2 Å². The van der Waals surface area contributed by atoms with Gasteiger partial charge in [-0.05, 0) is 19.4 Å². The van der Waals surface area contributed by atoms with Crippen molar-refractivity contribution in [1.29, 1.82) is 0 Å². The van der Waals surface area contributed by atoms with Crippen LogP contribution in [0.3, 0.4) is 0 Å². The fourth-order valence-corrected chi connectivity index (χ4v) is 1.25. The predicted octanol–water partition coefficient (Wildman–Crippen LogP) is 2.10. The number of halogens is 3. The normalized spacial score (nSPS) is 12.0. The van der Waals surface area contributed by atoms with E-state index >= 15 is 0 Å². The van der Waals surface area contributed by atoms with Gasteiger partial charge in [-0.1, -0.05) is 6.42 Å². The predicted molar refractivity (Wildman–Crippen MR) is 50.2 cm³/mol. The molecule has 1 heterocycles. The largest absolute Gasteiger partial charge is 0.432 e. The van der Waals surface area contributed by atoms with E-state index in [-0.39, 0.29) is 0 Å². The Morgan fingerprint density at radius 3 is 2.53 bits per heavy atom. The first kappa shape index (κ1) is 12.0. The number of nitrogens with zero attached hydrogens (tertiary/aromatic N) is 1. The lowest BCUT2D eigenvalue weighted by Gasteiger charge is -2.01. The topological polar surface area (TPSA) is 54.7 Å². The van der Waals surface area contributed by atoms with Gasteiger partial charge in [0.05, 0.1) is 6.20 Å². The van der Waals surface area contributed by atoms with Crippen LogP contribution in [0.15, 0.2) is 6.20 Å². The van der Waals surface area contributed by atoms with E-state index in [4.69, 9.17) is 5.73 Å². The Kier molecular flexibility index (Phi) is 4.14. The summed E-state index contributed by atoms with van der Waals surface area (Å²) < 4.78 is 36.5. The number of aromatic nitrogens is 2. The molecule has 0 saturated carbocycles. The Balaban J connectivity index is 2.40. The van der Waals surface area contributed by atoms with E-state index in [0.717, 1.165) is 25.5 Å². The average molecular weight is 221 g/mol. The zero-order valence-electron chi connectivity index (χ0n) is 8.27. The Morgan fingerprint density at radius 1 is 1.27 bits per heavy atom. The van der Waals surface area contributed by atoms with E-state index in [0.29, 0.717) is 18.8 Å². The highest BCUT2D eigenvalue weighted by Crippen LogP contribution is 2.27. The van der Waals surface area contributed by atoms with E-state index in [1.165, 1.54) is 0 Å². The second kappa shape index (κ2) is 5.16. The maximum Gasteiger partial charge on any atom is 0.432 e. The standard InChI is InChI=1S/C9H14F3N3/c10-9(11,12)7-6-14-8(15-7)4-2-1-3-5-13/h6H,1-5,13H2,(H,14,15). The second-order valence-electron chi connectivity index (χ2n) is 3.34. The third-order valence-electron chi connectivity index (χ3n) is 2.05. The lowest BCUT2D eigenvalue weighted by molar-refractivity contribution is -0.140. The molecule has 0 aromatic carbocycles. The van der Waals surface area contributed by atoms with Crippen LogP contribution in [0, 0.1) is 0 Å². The van der Waals surface area contributed by atoms with E-state index in [1.54, 1.807) is 0 Å². The first-order valence-electron chi connectivity index (χ1n) is 4.85. The Bertz CT molecular complexity index is 293. The number of H-pyrrole nitrogens is 1. The van der Waals surface area contributed by atoms with Crippen LogP contribution < -0.4 is 5.73 Å². The number of imidazole rings is 1. The molecule has 0 aliphatic rings. The molecular weight excluding hydrogens is 207 g/mol. The van der Waals surface area contributed by atoms with Crippen LogP contribution in [0.25, 0.3) is 0 Å². The molecular formula is C9H14F3N3. The minimum absolute atomic E-state index is 0.388. The quantitative estimate of drug-likeness (QED) is 0.748. The van der Waals surface area contributed by atoms with Gasteiger partial charge in [-0.15, -0.1) is 0 Å². The number of alkyl halides is 3. The highest BCUT2D eigenvalue weighted by atomic mass is 19.4. The van der Waals surface area contributed by atoms with Crippen molar-refractivity contribution in [3.8, 4) is 0 Å². The average Bonchev–Trinajstić information content (AvgIpc) is 2.60. The summed E-state index contributed by atoms with van der Waals surface area (Å²) in [5.41, 5.74) is 4.52. The molecule has 6 heteroatoms. The van der Waals surface area contributed by atoms with Crippen LogP contribution in [0.4, 0.5) is 13.2 Å². The van der Waals surface area contributed by atoms with Gasteiger partial charge in [0, 0.05) is 6.42 Å². The van der Waals surface area contributed by atoms with Crippen molar-refractivity contribution in [2.45, 2.75) is 31.9 Å². The number of hydrogen-bond acceptors (Lipinski definition) is 2. The van der Waals surface area contributed by atoms with E-state index in [1.807, 2.05) is 0 Å². The summed E-state index contributed by atoms with van der Waals surface area (Å²) in [6.45, 7) is 0.617. The molecule has 0 saturated heterocycles. The smallest absolute Gasteiger partial charge is 0.338 e. The van der Waals surface area contributed by atoms with Crippen molar-refractivity contribution in [3.63, 3.8) is 0 Å². The Labute approximate surface area is 85.9 Å². The van der Waals surface area contributed by atoms with Crippen LogP contribution in [0.5, 0.6) is 0 Å². The number of unbranched alkanes of at least 4 members (excludes halogenated alkanes) is 2. The number of aryl methyl sites for hydroxylation is 1. The van der Waals surface area contributed by atoms with E-state index < -0.39 is 11.9 Å². The van der Waals surface area contributed by atoms with Crippen molar-refractivity contribution < 1.29 is 13.2 Å². The summed E-state index contributed by atoms with van der Waals surface area (Å²) in [5, 5.41) is 0. The van der Waals surface area contributed by atoms with Crippen molar-refractivity contribution >= 4 is 0 Å². The van der Waals surface area contributed by atoms with Gasteiger partial charge in [-0.25, -0.2) is 4.98 Å². The molecule has 0 amide bonds. The van der Waals surface area contributed by atoms with Crippen LogP contribution in [0.2, 0.25) is 0 Å². The maximum atomic E-state index is 12.2. The van der Waals surface area contributed by atoms with Gasteiger partial charge in [0.15, 0.2) is 0 Å². The van der Waals surface area contributed by atoms with Gasteiger partial charge in [0.25, 0.3) is 0 Å². The van der Waals surface area contributed by atoms with Gasteiger partial charge >= 0.3 is 6.18 Å². The zero-order chi connectivity index (χ0) is 11.3. The van der Waals surface area contributed by atoms with Crippen molar-refractivity contribution in [3.05, 3.63) is 17.7 Å². The molecule has 3 nitrogen and oxygen atoms in total. The van der Waals surface area contributed by atoms with E-state index in [2.05, 4.69) is 9.97 Å². The minimum atomic E-state index is -4.33. The van der Waals surface area contributed by atoms with Crippen molar-refractivity contribution in [2.75, 3.05) is 6.54 Å². The maximum absolute atomic E-state index is 12.2. The zero-order valence-corrected chi connectivity index (χ0v) is 8.27. The number of aromatic amines is 1. The van der Waals surface area contributed by atoms with Crippen molar-refractivity contribution in [2.24, 2.45) is 5.73 Å². The lowest BCUT2D eigenvalue weighted by atomic mass is 10.2. The van der Waals surface area contributed by atoms with Gasteiger partial charge in [-0.3, -0.25) is 0 Å². The number of nitrogens with two attached hydrogens (primary N) is 1. The Morgan fingerprint density at radius 2 is 2.00 bits per heavy atom. The summed E-state index contributed by atoms with van der Waals surface area (Å²) in [6.07, 6.45) is -0.343. The summed E-state index contributed by atoms with van der Waals surface area (Å²) in [5.74, 6) is 0.388. The fourth-order valence-electron chi connectivity index (χ4n) is 1.25. The summed E-state index contributed by atoms with van der Waals surface area (Å²) >= 11 is 0. The molecule has 15 heavy (non-hydrogen) atoms. The molecule has 0 fully saturated rings. The fraction of sp³-hybridized carbons (Fsp3) is 0.667.